The van der Waals surface area contributed by atoms with Crippen LogP contribution in [-0.2, 0) is 32.7 Å². The van der Waals surface area contributed by atoms with Gasteiger partial charge >= 0.3 is 0 Å². The van der Waals surface area contributed by atoms with E-state index in [2.05, 4.69) is 12.8 Å². The van der Waals surface area contributed by atoms with Gasteiger partial charge in [0, 0.05) is 32.7 Å². The third-order valence-electron chi connectivity index (χ3n) is 0.100. The van der Waals surface area contributed by atoms with Gasteiger partial charge in [0.1, 0.15) is 0 Å². The average molecular weight is 170 g/mol. The molecule has 0 unspecified atom stereocenters. The van der Waals surface area contributed by atoms with Crippen molar-refractivity contribution in [1.82, 2.24) is 0 Å². The molecule has 35 valence electrons. The summed E-state index contributed by atoms with van der Waals surface area (Å²) in [5.41, 5.74) is 0. The minimum Gasteiger partial charge on any atom is -0.434 e. The van der Waals surface area contributed by atoms with Crippen LogP contribution in [0.4, 0.5) is 0 Å². The van der Waals surface area contributed by atoms with E-state index in [1.165, 1.54) is 13.9 Å². The van der Waals surface area contributed by atoms with E-state index >= 15 is 0 Å². The van der Waals surface area contributed by atoms with Crippen molar-refractivity contribution < 1.29 is 32.7 Å². The number of rotatable bonds is 0. The Balaban J connectivity index is -0.0000000480. The summed E-state index contributed by atoms with van der Waals surface area (Å²) in [4.78, 5) is 3.04. The van der Waals surface area contributed by atoms with Crippen LogP contribution in [0.5, 0.6) is 0 Å². The van der Waals surface area contributed by atoms with Gasteiger partial charge in [0.05, 0.1) is 7.85 Å². The second-order valence-electron chi connectivity index (χ2n) is 0.324. The predicted molar refractivity (Wildman–Crippen MR) is 28.3 cm³/mol. The summed E-state index contributed by atoms with van der Waals surface area (Å²) < 4.78 is 0. The monoisotopic (exact) mass is 170 g/mol. The van der Waals surface area contributed by atoms with E-state index in [1.807, 2.05) is 0 Å². The molecule has 0 saturated heterocycles. The normalized spacial score (nSPS) is 3.14. The Kier molecular flexibility index (Phi) is 69.4. The molecule has 0 bridgehead atoms. The molecular weight excluding hydrogens is 164 g/mol. The zero-order chi connectivity index (χ0) is 5.41. The van der Waals surface area contributed by atoms with Crippen molar-refractivity contribution in [1.29, 1.82) is 0 Å². The molecule has 0 aromatic heterocycles. The van der Waals surface area contributed by atoms with Crippen LogP contribution >= 0.6 is 0 Å². The van der Waals surface area contributed by atoms with Crippen molar-refractivity contribution in [3.63, 3.8) is 0 Å². The fourth-order valence-corrected chi connectivity index (χ4v) is 0. The molecule has 0 heterocycles. The van der Waals surface area contributed by atoms with Crippen LogP contribution in [0.25, 0.3) is 5.41 Å². The van der Waals surface area contributed by atoms with E-state index in [0.717, 1.165) is 0 Å². The molecular formula is C3H6BN2Y-. The smallest absolute Gasteiger partial charge is 0.0606 e. The molecule has 2 nitrogen and oxygen atoms in total. The van der Waals surface area contributed by atoms with Crippen molar-refractivity contribution >= 4 is 13.9 Å². The first-order valence-electron chi connectivity index (χ1n) is 1.47. The van der Waals surface area contributed by atoms with Gasteiger partial charge in [0.2, 0.25) is 0 Å². The van der Waals surface area contributed by atoms with Crippen LogP contribution < -0.4 is 0 Å². The molecule has 0 aromatic rings. The summed E-state index contributed by atoms with van der Waals surface area (Å²) in [6.07, 6.45) is 0. The maximum absolute atomic E-state index is 7.46. The van der Waals surface area contributed by atoms with E-state index in [9.17, 15) is 0 Å². The summed E-state index contributed by atoms with van der Waals surface area (Å²) in [5.74, 6) is 0. The van der Waals surface area contributed by atoms with Gasteiger partial charge in [-0.1, -0.05) is 13.9 Å². The Morgan fingerprint density at radius 1 is 1.57 bits per heavy atom. The van der Waals surface area contributed by atoms with Crippen LogP contribution in [-0.4, -0.2) is 20.9 Å². The van der Waals surface area contributed by atoms with Crippen molar-refractivity contribution in [2.75, 3.05) is 7.05 Å². The van der Waals surface area contributed by atoms with E-state index in [0.29, 0.717) is 0 Å². The van der Waals surface area contributed by atoms with Crippen molar-refractivity contribution in [3.05, 3.63) is 5.41 Å². The molecule has 0 atom stereocenters. The third kappa shape index (κ3) is 56.5. The van der Waals surface area contributed by atoms with Crippen LogP contribution in [0, 0.1) is 0 Å². The third-order valence-corrected chi connectivity index (χ3v) is 0.100. The summed E-state index contributed by atoms with van der Waals surface area (Å²) >= 11 is 0. The largest absolute Gasteiger partial charge is 0.434 e. The van der Waals surface area contributed by atoms with Gasteiger partial charge in [0.25, 0.3) is 0 Å². The predicted octanol–water partition coefficient (Wildman–Crippen LogP) is 0.560. The Bertz CT molecular complexity index is 50.9. The van der Waals surface area contributed by atoms with E-state index in [4.69, 9.17) is 5.41 Å². The van der Waals surface area contributed by atoms with Gasteiger partial charge in [-0.05, 0) is 0 Å². The molecule has 0 aromatic carbocycles. The number of nitrogens with zero attached hydrogens (tertiary/aromatic N) is 2. The Hall–Kier alpha value is 0.549. The molecule has 0 saturated carbocycles. The first-order valence-corrected chi connectivity index (χ1v) is 1.47. The van der Waals surface area contributed by atoms with Gasteiger partial charge in [-0.15, -0.1) is 0 Å². The summed E-state index contributed by atoms with van der Waals surface area (Å²) in [6, 6.07) is 1.56. The molecule has 7 heavy (non-hydrogen) atoms. The standard InChI is InChI=1S/C2H3N2.CH3B.Y/c1-4-2-3;1-2;/h1H3;1H3;/q-1;;. The van der Waals surface area contributed by atoms with Gasteiger partial charge in [-0.3, -0.25) is 0 Å². The van der Waals surface area contributed by atoms with Crippen molar-refractivity contribution in [2.45, 2.75) is 6.82 Å². The molecule has 4 heteroatoms. The number of aliphatic imine (C=N–C) groups is 1. The molecule has 0 N–H and O–H groups in total. The number of hydrogen-bond acceptors (Lipinski definition) is 1. The van der Waals surface area contributed by atoms with Crippen molar-refractivity contribution in [2.24, 2.45) is 4.99 Å². The van der Waals surface area contributed by atoms with E-state index < -0.39 is 0 Å². The van der Waals surface area contributed by atoms with E-state index in [-0.39, 0.29) is 32.7 Å². The maximum Gasteiger partial charge on any atom is 0.0606 e. The Morgan fingerprint density at radius 3 is 1.71 bits per heavy atom. The molecule has 0 aliphatic heterocycles. The van der Waals surface area contributed by atoms with Crippen LogP contribution in [0.15, 0.2) is 4.99 Å². The first kappa shape index (κ1) is 15.6. The summed E-state index contributed by atoms with van der Waals surface area (Å²) in [6.45, 7) is 1.50. The van der Waals surface area contributed by atoms with Gasteiger partial charge in [0.15, 0.2) is 0 Å². The Labute approximate surface area is 70.6 Å². The number of hydrogen-bond donors (Lipinski definition) is 0. The van der Waals surface area contributed by atoms with E-state index in [1.54, 1.807) is 6.01 Å². The maximum atomic E-state index is 7.46. The van der Waals surface area contributed by atoms with Crippen molar-refractivity contribution in [3.8, 4) is 0 Å². The zero-order valence-electron chi connectivity index (χ0n) is 4.55. The van der Waals surface area contributed by atoms with Crippen LogP contribution in [0.2, 0.25) is 6.82 Å². The molecule has 0 aliphatic rings. The zero-order valence-corrected chi connectivity index (χ0v) is 7.39. The molecule has 0 rings (SSSR count). The minimum atomic E-state index is 0. The molecule has 0 amide bonds. The van der Waals surface area contributed by atoms with Crippen LogP contribution in [0.1, 0.15) is 0 Å². The second kappa shape index (κ2) is 31.0. The molecule has 0 fully saturated rings. The minimum absolute atomic E-state index is 0. The Morgan fingerprint density at radius 2 is 1.71 bits per heavy atom. The van der Waals surface area contributed by atoms with Gasteiger partial charge < -0.3 is 10.4 Å². The molecule has 3 radical (unpaired) electrons. The SMILES string of the molecule is CN=C=[N-].[B]C.[Y]. The van der Waals surface area contributed by atoms with Gasteiger partial charge in [-0.2, -0.15) is 6.01 Å². The first-order chi connectivity index (χ1) is 2.91. The topological polar surface area (TPSA) is 34.7 Å². The molecule has 0 aliphatic carbocycles. The average Bonchev–Trinajstić information content (AvgIpc) is 1.72. The molecule has 0 spiro atoms. The quantitative estimate of drug-likeness (QED) is 0.376. The second-order valence-corrected chi connectivity index (χ2v) is 0.324. The summed E-state index contributed by atoms with van der Waals surface area (Å²) in [5, 5.41) is 7.46. The van der Waals surface area contributed by atoms with Gasteiger partial charge in [-0.25, -0.2) is 0 Å². The fourth-order valence-electron chi connectivity index (χ4n) is 0. The summed E-state index contributed by atoms with van der Waals surface area (Å²) in [7, 11) is 5.94. The fraction of sp³-hybridized carbons (Fsp3) is 0.667. The van der Waals surface area contributed by atoms with Crippen LogP contribution in [0.3, 0.4) is 0 Å².